The Bertz CT molecular complexity index is 638. The van der Waals surface area contributed by atoms with Gasteiger partial charge in [-0.2, -0.15) is 0 Å². The number of carboxylic acid groups (broad SMARTS) is 1. The number of benzene rings is 2. The molecular weight excluding hydrogens is 310 g/mol. The fourth-order valence-corrected chi connectivity index (χ4v) is 3.08. The molecule has 0 aliphatic carbocycles. The molecule has 0 saturated carbocycles. The minimum Gasteiger partial charge on any atom is -0.480 e. The zero-order valence-corrected chi connectivity index (χ0v) is 15.1. The maximum atomic E-state index is 11.8. The summed E-state index contributed by atoms with van der Waals surface area (Å²) in [6.45, 7) is 4.26. The summed E-state index contributed by atoms with van der Waals surface area (Å²) in [6.07, 6.45) is 3.68. The van der Waals surface area contributed by atoms with Gasteiger partial charge in [-0.15, -0.1) is 0 Å². The van der Waals surface area contributed by atoms with Gasteiger partial charge in [0.2, 0.25) is 0 Å². The van der Waals surface area contributed by atoms with E-state index in [1.54, 1.807) is 0 Å². The largest absolute Gasteiger partial charge is 0.480 e. The molecule has 3 heteroatoms. The van der Waals surface area contributed by atoms with E-state index in [1.807, 2.05) is 60.7 Å². The molecule has 2 aromatic carbocycles. The van der Waals surface area contributed by atoms with Crippen molar-refractivity contribution in [2.75, 3.05) is 0 Å². The Kier molecular flexibility index (Phi) is 7.39. The fraction of sp³-hybridized carbons (Fsp3) is 0.364. The summed E-state index contributed by atoms with van der Waals surface area (Å²) in [6, 6.07) is 18.9. The SMILES string of the molecule is CCCC(CC)CC(N=C(c1ccccc1)c1ccccc1)C(=O)O. The number of carbonyl (C=O) groups is 1. The molecule has 0 aromatic heterocycles. The van der Waals surface area contributed by atoms with Crippen LogP contribution in [-0.2, 0) is 4.79 Å². The molecule has 0 spiro atoms. The molecule has 2 atom stereocenters. The van der Waals surface area contributed by atoms with Crippen LogP contribution in [0.25, 0.3) is 0 Å². The molecule has 0 fully saturated rings. The maximum absolute atomic E-state index is 11.8. The van der Waals surface area contributed by atoms with E-state index in [2.05, 4.69) is 13.8 Å². The van der Waals surface area contributed by atoms with Gasteiger partial charge in [0.15, 0.2) is 0 Å². The number of carboxylic acids is 1. The van der Waals surface area contributed by atoms with Gasteiger partial charge in [0, 0.05) is 11.1 Å². The van der Waals surface area contributed by atoms with E-state index in [0.29, 0.717) is 12.3 Å². The smallest absolute Gasteiger partial charge is 0.328 e. The Labute approximate surface area is 150 Å². The molecule has 25 heavy (non-hydrogen) atoms. The quantitative estimate of drug-likeness (QED) is 0.640. The lowest BCUT2D eigenvalue weighted by Crippen LogP contribution is -2.24. The molecule has 1 N–H and O–H groups in total. The fourth-order valence-electron chi connectivity index (χ4n) is 3.08. The first kappa shape index (κ1) is 18.9. The van der Waals surface area contributed by atoms with Crippen LogP contribution in [0.3, 0.4) is 0 Å². The summed E-state index contributed by atoms with van der Waals surface area (Å²) in [5.41, 5.74) is 2.65. The van der Waals surface area contributed by atoms with Gasteiger partial charge in [-0.1, -0.05) is 93.8 Å². The highest BCUT2D eigenvalue weighted by Gasteiger charge is 2.22. The van der Waals surface area contributed by atoms with Crippen molar-refractivity contribution < 1.29 is 9.90 Å². The Balaban J connectivity index is 2.41. The van der Waals surface area contributed by atoms with E-state index in [-0.39, 0.29) is 0 Å². The second-order valence-corrected chi connectivity index (χ2v) is 6.36. The van der Waals surface area contributed by atoms with E-state index < -0.39 is 12.0 Å². The topological polar surface area (TPSA) is 49.7 Å². The molecule has 0 amide bonds. The zero-order valence-electron chi connectivity index (χ0n) is 15.1. The molecule has 2 rings (SSSR count). The molecule has 0 aliphatic heterocycles. The predicted octanol–water partition coefficient (Wildman–Crippen LogP) is 5.19. The van der Waals surface area contributed by atoms with Crippen LogP contribution in [0.15, 0.2) is 65.7 Å². The molecule has 3 nitrogen and oxygen atoms in total. The molecule has 0 bridgehead atoms. The van der Waals surface area contributed by atoms with Crippen molar-refractivity contribution in [3.63, 3.8) is 0 Å². The third-order valence-corrected chi connectivity index (χ3v) is 4.50. The van der Waals surface area contributed by atoms with Gasteiger partial charge in [-0.05, 0) is 12.3 Å². The Hall–Kier alpha value is -2.42. The third-order valence-electron chi connectivity index (χ3n) is 4.50. The van der Waals surface area contributed by atoms with Crippen molar-refractivity contribution >= 4 is 11.7 Å². The first-order valence-electron chi connectivity index (χ1n) is 9.07. The average molecular weight is 337 g/mol. The lowest BCUT2D eigenvalue weighted by Gasteiger charge is -2.18. The van der Waals surface area contributed by atoms with Crippen LogP contribution >= 0.6 is 0 Å². The van der Waals surface area contributed by atoms with Crippen molar-refractivity contribution in [2.45, 2.75) is 45.6 Å². The van der Waals surface area contributed by atoms with Gasteiger partial charge in [0.1, 0.15) is 6.04 Å². The van der Waals surface area contributed by atoms with Crippen LogP contribution in [0.5, 0.6) is 0 Å². The predicted molar refractivity (Wildman–Crippen MR) is 103 cm³/mol. The number of aliphatic imine (C=N–C) groups is 1. The summed E-state index contributed by atoms with van der Waals surface area (Å²) in [5.74, 6) is -0.457. The highest BCUT2D eigenvalue weighted by Crippen LogP contribution is 2.21. The molecule has 0 radical (unpaired) electrons. The molecule has 0 heterocycles. The number of aliphatic carboxylic acids is 1. The average Bonchev–Trinajstić information content (AvgIpc) is 2.65. The summed E-state index contributed by atoms with van der Waals surface area (Å²) in [7, 11) is 0. The summed E-state index contributed by atoms with van der Waals surface area (Å²) >= 11 is 0. The number of hydrogen-bond donors (Lipinski definition) is 1. The maximum Gasteiger partial charge on any atom is 0.328 e. The van der Waals surface area contributed by atoms with E-state index in [9.17, 15) is 9.90 Å². The van der Waals surface area contributed by atoms with Crippen LogP contribution in [0.1, 0.15) is 50.7 Å². The second-order valence-electron chi connectivity index (χ2n) is 6.36. The normalized spacial score (nSPS) is 13.0. The Morgan fingerprint density at radius 3 is 1.88 bits per heavy atom. The molecular formula is C22H27NO2. The minimum atomic E-state index is -0.848. The Morgan fingerprint density at radius 1 is 0.960 bits per heavy atom. The third kappa shape index (κ3) is 5.56. The molecule has 2 unspecified atom stereocenters. The van der Waals surface area contributed by atoms with Gasteiger partial charge in [0.05, 0.1) is 5.71 Å². The molecule has 132 valence electrons. The van der Waals surface area contributed by atoms with Crippen LogP contribution in [0.2, 0.25) is 0 Å². The molecule has 0 aliphatic rings. The van der Waals surface area contributed by atoms with Gasteiger partial charge in [-0.25, -0.2) is 4.79 Å². The van der Waals surface area contributed by atoms with Crippen molar-refractivity contribution in [3.05, 3.63) is 71.8 Å². The number of nitrogens with zero attached hydrogens (tertiary/aromatic N) is 1. The molecule has 0 saturated heterocycles. The lowest BCUT2D eigenvalue weighted by molar-refractivity contribution is -0.138. The van der Waals surface area contributed by atoms with Gasteiger partial charge >= 0.3 is 5.97 Å². The van der Waals surface area contributed by atoms with Crippen molar-refractivity contribution in [3.8, 4) is 0 Å². The number of rotatable bonds is 9. The minimum absolute atomic E-state index is 0.391. The van der Waals surface area contributed by atoms with Crippen molar-refractivity contribution in [1.29, 1.82) is 0 Å². The van der Waals surface area contributed by atoms with Crippen molar-refractivity contribution in [2.24, 2.45) is 10.9 Å². The molecule has 2 aromatic rings. The monoisotopic (exact) mass is 337 g/mol. The van der Waals surface area contributed by atoms with Crippen molar-refractivity contribution in [1.82, 2.24) is 0 Å². The van der Waals surface area contributed by atoms with E-state index in [0.717, 1.165) is 36.1 Å². The van der Waals surface area contributed by atoms with Crippen LogP contribution in [0.4, 0.5) is 0 Å². The zero-order chi connectivity index (χ0) is 18.1. The first-order valence-corrected chi connectivity index (χ1v) is 9.07. The first-order chi connectivity index (χ1) is 12.2. The second kappa shape index (κ2) is 9.77. The highest BCUT2D eigenvalue weighted by atomic mass is 16.4. The van der Waals surface area contributed by atoms with E-state index in [1.165, 1.54) is 0 Å². The number of hydrogen-bond acceptors (Lipinski definition) is 2. The van der Waals surface area contributed by atoms with Crippen LogP contribution in [-0.4, -0.2) is 22.8 Å². The van der Waals surface area contributed by atoms with E-state index in [4.69, 9.17) is 4.99 Å². The van der Waals surface area contributed by atoms with Gasteiger partial charge in [0.25, 0.3) is 0 Å². The van der Waals surface area contributed by atoms with Gasteiger partial charge < -0.3 is 5.11 Å². The summed E-state index contributed by atoms with van der Waals surface area (Å²) < 4.78 is 0. The van der Waals surface area contributed by atoms with Crippen LogP contribution in [0, 0.1) is 5.92 Å². The van der Waals surface area contributed by atoms with Crippen LogP contribution < -0.4 is 0 Å². The Morgan fingerprint density at radius 2 is 1.48 bits per heavy atom. The summed E-state index contributed by atoms with van der Waals surface area (Å²) in [5, 5.41) is 9.72. The van der Waals surface area contributed by atoms with E-state index >= 15 is 0 Å². The van der Waals surface area contributed by atoms with Gasteiger partial charge in [-0.3, -0.25) is 4.99 Å². The summed E-state index contributed by atoms with van der Waals surface area (Å²) in [4.78, 5) is 16.5. The lowest BCUT2D eigenvalue weighted by atomic mass is 9.92. The highest BCUT2D eigenvalue weighted by molar-refractivity contribution is 6.13. The standard InChI is InChI=1S/C22H27NO2/c1-3-11-17(4-2)16-20(22(24)25)23-21(18-12-7-5-8-13-18)19-14-9-6-10-15-19/h5-10,12-15,17,20H,3-4,11,16H2,1-2H3,(H,24,25).